The average Bonchev–Trinajstić information content (AvgIpc) is 2.22. The van der Waals surface area contributed by atoms with E-state index in [0.29, 0.717) is 17.5 Å². The molecule has 6 N–H and O–H groups in total. The van der Waals surface area contributed by atoms with Crippen molar-refractivity contribution in [2.75, 3.05) is 30.4 Å². The number of aromatic nitrogens is 1. The maximum atomic E-state index is 5.82. The van der Waals surface area contributed by atoms with Crippen molar-refractivity contribution in [2.24, 2.45) is 5.92 Å². The molecule has 0 atom stereocenters. The van der Waals surface area contributed by atoms with Gasteiger partial charge in [0.1, 0.15) is 5.82 Å². The van der Waals surface area contributed by atoms with Crippen LogP contribution >= 0.6 is 0 Å². The Kier molecular flexibility index (Phi) is 3.14. The number of anilines is 3. The molecular weight excluding hydrogens is 202 g/mol. The standard InChI is InChI=1S/C11H19N5/c1-14-8-4-7(5-8)6-16-9-2-3-15-11(13)10(9)12/h2-3,7-8,14H,4-6,12H2,1H3,(H3,13,15,16). The lowest BCUT2D eigenvalue weighted by Gasteiger charge is -2.35. The molecule has 88 valence electrons. The molecule has 1 fully saturated rings. The fourth-order valence-corrected chi connectivity index (χ4v) is 2.04. The molecule has 1 aromatic heterocycles. The summed E-state index contributed by atoms with van der Waals surface area (Å²) in [7, 11) is 2.01. The fourth-order valence-electron chi connectivity index (χ4n) is 2.04. The number of pyridine rings is 1. The van der Waals surface area contributed by atoms with Gasteiger partial charge < -0.3 is 22.1 Å². The Morgan fingerprint density at radius 1 is 1.44 bits per heavy atom. The Hall–Kier alpha value is -1.49. The molecule has 1 aromatic rings. The van der Waals surface area contributed by atoms with Gasteiger partial charge in [-0.15, -0.1) is 0 Å². The minimum atomic E-state index is 0.395. The van der Waals surface area contributed by atoms with Gasteiger partial charge in [-0.25, -0.2) is 4.98 Å². The number of hydrogen-bond acceptors (Lipinski definition) is 5. The van der Waals surface area contributed by atoms with Crippen molar-refractivity contribution >= 4 is 17.2 Å². The van der Waals surface area contributed by atoms with E-state index in [2.05, 4.69) is 15.6 Å². The lowest BCUT2D eigenvalue weighted by molar-refractivity contribution is 0.246. The zero-order valence-electron chi connectivity index (χ0n) is 9.53. The first-order valence-electron chi connectivity index (χ1n) is 5.61. The molecule has 1 heterocycles. The van der Waals surface area contributed by atoms with Gasteiger partial charge in [0, 0.05) is 18.8 Å². The molecule has 1 aliphatic carbocycles. The summed E-state index contributed by atoms with van der Waals surface area (Å²) < 4.78 is 0. The number of rotatable bonds is 4. The lowest BCUT2D eigenvalue weighted by atomic mass is 9.80. The molecule has 0 unspecified atom stereocenters. The van der Waals surface area contributed by atoms with Crippen LogP contribution in [0.3, 0.4) is 0 Å². The van der Waals surface area contributed by atoms with Crippen LogP contribution in [0.1, 0.15) is 12.8 Å². The lowest BCUT2D eigenvalue weighted by Crippen LogP contribution is -2.41. The van der Waals surface area contributed by atoms with E-state index in [-0.39, 0.29) is 0 Å². The Morgan fingerprint density at radius 3 is 2.88 bits per heavy atom. The zero-order valence-corrected chi connectivity index (χ0v) is 9.53. The Morgan fingerprint density at radius 2 is 2.19 bits per heavy atom. The van der Waals surface area contributed by atoms with E-state index in [1.165, 1.54) is 12.8 Å². The maximum Gasteiger partial charge on any atom is 0.148 e. The highest BCUT2D eigenvalue weighted by atomic mass is 15.0. The molecule has 0 saturated heterocycles. The molecule has 0 radical (unpaired) electrons. The van der Waals surface area contributed by atoms with Gasteiger partial charge in [0.05, 0.1) is 11.4 Å². The Labute approximate surface area is 95.6 Å². The van der Waals surface area contributed by atoms with Crippen molar-refractivity contribution in [1.29, 1.82) is 0 Å². The second kappa shape index (κ2) is 4.57. The SMILES string of the molecule is CNC1CC(CNc2ccnc(N)c2N)C1. The Balaban J connectivity index is 1.84. The minimum Gasteiger partial charge on any atom is -0.394 e. The van der Waals surface area contributed by atoms with Crippen LogP contribution in [-0.4, -0.2) is 24.6 Å². The molecule has 2 rings (SSSR count). The van der Waals surface area contributed by atoms with Crippen molar-refractivity contribution in [1.82, 2.24) is 10.3 Å². The first-order valence-corrected chi connectivity index (χ1v) is 5.61. The predicted molar refractivity (Wildman–Crippen MR) is 67.1 cm³/mol. The average molecular weight is 221 g/mol. The molecule has 1 saturated carbocycles. The second-order valence-electron chi connectivity index (χ2n) is 4.36. The molecule has 0 bridgehead atoms. The van der Waals surface area contributed by atoms with E-state index in [0.717, 1.165) is 18.2 Å². The van der Waals surface area contributed by atoms with Crippen LogP contribution in [0.4, 0.5) is 17.2 Å². The van der Waals surface area contributed by atoms with Gasteiger partial charge in [-0.1, -0.05) is 0 Å². The molecule has 0 aromatic carbocycles. The van der Waals surface area contributed by atoms with Gasteiger partial charge in [0.15, 0.2) is 0 Å². The summed E-state index contributed by atoms with van der Waals surface area (Å²) in [4.78, 5) is 3.93. The molecule has 1 aliphatic rings. The number of nitrogens with two attached hydrogens (primary N) is 2. The third-order valence-corrected chi connectivity index (χ3v) is 3.25. The number of nitrogens with zero attached hydrogens (tertiary/aromatic N) is 1. The van der Waals surface area contributed by atoms with Crippen molar-refractivity contribution in [2.45, 2.75) is 18.9 Å². The van der Waals surface area contributed by atoms with Gasteiger partial charge in [0.2, 0.25) is 0 Å². The van der Waals surface area contributed by atoms with Crippen LogP contribution in [0.2, 0.25) is 0 Å². The zero-order chi connectivity index (χ0) is 11.5. The van der Waals surface area contributed by atoms with Crippen molar-refractivity contribution in [3.8, 4) is 0 Å². The molecular formula is C11H19N5. The first kappa shape index (κ1) is 11.0. The van der Waals surface area contributed by atoms with E-state index in [9.17, 15) is 0 Å². The molecule has 0 aliphatic heterocycles. The van der Waals surface area contributed by atoms with Crippen LogP contribution in [-0.2, 0) is 0 Å². The van der Waals surface area contributed by atoms with E-state index in [1.807, 2.05) is 13.1 Å². The van der Waals surface area contributed by atoms with Gasteiger partial charge in [-0.2, -0.15) is 0 Å². The van der Waals surface area contributed by atoms with Gasteiger partial charge in [-0.3, -0.25) is 0 Å². The highest BCUT2D eigenvalue weighted by Gasteiger charge is 2.27. The summed E-state index contributed by atoms with van der Waals surface area (Å²) in [6.07, 6.45) is 4.12. The number of nitrogen functional groups attached to an aromatic ring is 2. The van der Waals surface area contributed by atoms with Crippen molar-refractivity contribution in [3.05, 3.63) is 12.3 Å². The molecule has 0 amide bonds. The van der Waals surface area contributed by atoms with Crippen LogP contribution in [0.25, 0.3) is 0 Å². The normalized spacial score (nSPS) is 23.8. The molecule has 16 heavy (non-hydrogen) atoms. The second-order valence-corrected chi connectivity index (χ2v) is 4.36. The van der Waals surface area contributed by atoms with E-state index in [4.69, 9.17) is 11.5 Å². The predicted octanol–water partition coefficient (Wildman–Crippen LogP) is 0.656. The van der Waals surface area contributed by atoms with Crippen molar-refractivity contribution in [3.63, 3.8) is 0 Å². The smallest absolute Gasteiger partial charge is 0.148 e. The topological polar surface area (TPSA) is 89.0 Å². The third kappa shape index (κ3) is 2.19. The summed E-state index contributed by atoms with van der Waals surface area (Å²) in [6.45, 7) is 0.950. The van der Waals surface area contributed by atoms with E-state index in [1.54, 1.807) is 6.20 Å². The maximum absolute atomic E-state index is 5.82. The Bertz CT molecular complexity index is 359. The quantitative estimate of drug-likeness (QED) is 0.599. The number of nitrogens with one attached hydrogen (secondary N) is 2. The van der Waals surface area contributed by atoms with E-state index < -0.39 is 0 Å². The molecule has 5 nitrogen and oxygen atoms in total. The summed E-state index contributed by atoms with van der Waals surface area (Å²) in [5.41, 5.74) is 12.9. The fraction of sp³-hybridized carbons (Fsp3) is 0.545. The van der Waals surface area contributed by atoms with Gasteiger partial charge in [-0.05, 0) is 31.9 Å². The summed E-state index contributed by atoms with van der Waals surface area (Å²) >= 11 is 0. The van der Waals surface area contributed by atoms with Gasteiger partial charge >= 0.3 is 0 Å². The molecule has 5 heteroatoms. The minimum absolute atomic E-state index is 0.395. The number of hydrogen-bond donors (Lipinski definition) is 4. The van der Waals surface area contributed by atoms with E-state index >= 15 is 0 Å². The molecule has 0 spiro atoms. The first-order chi connectivity index (χ1) is 7.70. The highest BCUT2D eigenvalue weighted by Crippen LogP contribution is 2.29. The monoisotopic (exact) mass is 221 g/mol. The van der Waals surface area contributed by atoms with Crippen LogP contribution < -0.4 is 22.1 Å². The summed E-state index contributed by atoms with van der Waals surface area (Å²) in [5.74, 6) is 1.12. The van der Waals surface area contributed by atoms with Crippen LogP contribution in [0, 0.1) is 5.92 Å². The van der Waals surface area contributed by atoms with Crippen molar-refractivity contribution < 1.29 is 0 Å². The van der Waals surface area contributed by atoms with Crippen LogP contribution in [0.15, 0.2) is 12.3 Å². The summed E-state index contributed by atoms with van der Waals surface area (Å²) in [6, 6.07) is 2.55. The van der Waals surface area contributed by atoms with Crippen LogP contribution in [0.5, 0.6) is 0 Å². The van der Waals surface area contributed by atoms with Gasteiger partial charge in [0.25, 0.3) is 0 Å². The third-order valence-electron chi connectivity index (χ3n) is 3.25. The highest BCUT2D eigenvalue weighted by molar-refractivity contribution is 5.75. The largest absolute Gasteiger partial charge is 0.394 e. The summed E-state index contributed by atoms with van der Waals surface area (Å²) in [5, 5.41) is 6.60.